The Balaban J connectivity index is 1.69. The number of amides is 1. The predicted octanol–water partition coefficient (Wildman–Crippen LogP) is 2.99. The maximum Gasteiger partial charge on any atom is 0.259 e. The van der Waals surface area contributed by atoms with Crippen molar-refractivity contribution in [2.75, 3.05) is 6.54 Å². The molecule has 2 aliphatic rings. The molecule has 0 spiro atoms. The highest BCUT2D eigenvalue weighted by atomic mass is 32.1. The molecular weight excluding hydrogens is 310 g/mol. The molecule has 0 radical (unpaired) electrons. The Hall–Kier alpha value is -1.95. The third-order valence-corrected chi connectivity index (χ3v) is 5.44. The van der Waals surface area contributed by atoms with E-state index in [2.05, 4.69) is 9.97 Å². The van der Waals surface area contributed by atoms with Gasteiger partial charge in [-0.3, -0.25) is 14.6 Å². The molecule has 23 heavy (non-hydrogen) atoms. The number of H-pyrrole nitrogens is 2. The zero-order valence-corrected chi connectivity index (χ0v) is 13.6. The van der Waals surface area contributed by atoms with Gasteiger partial charge >= 0.3 is 0 Å². The highest BCUT2D eigenvalue weighted by Crippen LogP contribution is 2.37. The number of aromatic amines is 2. The summed E-state index contributed by atoms with van der Waals surface area (Å²) in [6, 6.07) is 5.58. The van der Waals surface area contributed by atoms with Crippen molar-refractivity contribution in [3.63, 3.8) is 0 Å². The molecule has 1 aromatic carbocycles. The molecule has 2 aromatic rings. The Morgan fingerprint density at radius 1 is 1.17 bits per heavy atom. The number of nitrogens with one attached hydrogen (secondary N) is 2. The average Bonchev–Trinajstić information content (AvgIpc) is 2.92. The smallest absolute Gasteiger partial charge is 0.259 e. The largest absolute Gasteiger partial charge is 0.335 e. The van der Waals surface area contributed by atoms with Crippen molar-refractivity contribution in [3.8, 4) is 0 Å². The summed E-state index contributed by atoms with van der Waals surface area (Å²) < 4.78 is 0.278. The summed E-state index contributed by atoms with van der Waals surface area (Å²) in [7, 11) is 0. The van der Waals surface area contributed by atoms with Crippen LogP contribution in [0.3, 0.4) is 0 Å². The van der Waals surface area contributed by atoms with Crippen molar-refractivity contribution < 1.29 is 4.79 Å². The standard InChI is InChI=1S/C17H19N3O2S/c21-15-12-7-6-11(9-13(12)18-17(23)19-15)16(22)20-8-2-5-14(20)10-3-1-4-10/h6-7,9-10,14H,1-5,8H2,(H2,18,19,21,23)/t14-/m0/s1. The van der Waals surface area contributed by atoms with Gasteiger partial charge in [-0.25, -0.2) is 0 Å². The van der Waals surface area contributed by atoms with E-state index in [-0.39, 0.29) is 16.2 Å². The van der Waals surface area contributed by atoms with Crippen molar-refractivity contribution in [1.82, 2.24) is 14.9 Å². The molecule has 1 amide bonds. The number of nitrogens with zero attached hydrogens (tertiary/aromatic N) is 1. The molecule has 2 fully saturated rings. The quantitative estimate of drug-likeness (QED) is 0.832. The lowest BCUT2D eigenvalue weighted by Crippen LogP contribution is -2.42. The lowest BCUT2D eigenvalue weighted by atomic mass is 9.78. The molecule has 5 nitrogen and oxygen atoms in total. The van der Waals surface area contributed by atoms with Crippen LogP contribution >= 0.6 is 12.2 Å². The predicted molar refractivity (Wildman–Crippen MR) is 91.2 cm³/mol. The molecule has 2 heterocycles. The van der Waals surface area contributed by atoms with Gasteiger partial charge in [0.25, 0.3) is 11.5 Å². The normalized spacial score (nSPS) is 21.6. The molecule has 1 aliphatic carbocycles. The molecule has 6 heteroatoms. The highest BCUT2D eigenvalue weighted by molar-refractivity contribution is 7.71. The van der Waals surface area contributed by atoms with Crippen LogP contribution in [0, 0.1) is 10.7 Å². The molecule has 0 bridgehead atoms. The van der Waals surface area contributed by atoms with Crippen LogP contribution in [0.2, 0.25) is 0 Å². The van der Waals surface area contributed by atoms with Gasteiger partial charge in [0.05, 0.1) is 10.9 Å². The van der Waals surface area contributed by atoms with Crippen molar-refractivity contribution in [2.24, 2.45) is 5.92 Å². The minimum atomic E-state index is -0.226. The van der Waals surface area contributed by atoms with Crippen LogP contribution in [0.1, 0.15) is 42.5 Å². The van der Waals surface area contributed by atoms with Crippen LogP contribution < -0.4 is 5.56 Å². The lowest BCUT2D eigenvalue weighted by molar-refractivity contribution is 0.0626. The van der Waals surface area contributed by atoms with Crippen molar-refractivity contribution in [3.05, 3.63) is 38.9 Å². The van der Waals surface area contributed by atoms with Gasteiger partial charge in [0, 0.05) is 18.2 Å². The van der Waals surface area contributed by atoms with Gasteiger partial charge in [-0.15, -0.1) is 0 Å². The molecule has 120 valence electrons. The first-order valence-corrected chi connectivity index (χ1v) is 8.61. The van der Waals surface area contributed by atoms with E-state index in [0.717, 1.165) is 19.4 Å². The van der Waals surface area contributed by atoms with E-state index >= 15 is 0 Å². The number of carbonyl (C=O) groups is 1. The maximum absolute atomic E-state index is 12.9. The van der Waals surface area contributed by atoms with E-state index in [0.29, 0.717) is 28.4 Å². The van der Waals surface area contributed by atoms with Gasteiger partial charge in [-0.05, 0) is 62.0 Å². The first-order valence-electron chi connectivity index (χ1n) is 8.21. The van der Waals surface area contributed by atoms with E-state index in [4.69, 9.17) is 12.2 Å². The van der Waals surface area contributed by atoms with Gasteiger partial charge in [0.2, 0.25) is 0 Å². The molecule has 4 rings (SSSR count). The third kappa shape index (κ3) is 2.51. The fraction of sp³-hybridized carbons (Fsp3) is 0.471. The van der Waals surface area contributed by atoms with Crippen molar-refractivity contribution in [1.29, 1.82) is 0 Å². The van der Waals surface area contributed by atoms with Crippen LogP contribution in [0.25, 0.3) is 10.9 Å². The number of hydrogen-bond acceptors (Lipinski definition) is 3. The van der Waals surface area contributed by atoms with Crippen LogP contribution in [0.5, 0.6) is 0 Å². The van der Waals surface area contributed by atoms with Crippen LogP contribution in [0.15, 0.2) is 23.0 Å². The summed E-state index contributed by atoms with van der Waals surface area (Å²) in [4.78, 5) is 32.4. The Morgan fingerprint density at radius 3 is 2.74 bits per heavy atom. The summed E-state index contributed by atoms with van der Waals surface area (Å²) in [5.41, 5.74) is 1.01. The summed E-state index contributed by atoms with van der Waals surface area (Å²) in [5.74, 6) is 0.747. The summed E-state index contributed by atoms with van der Waals surface area (Å²) in [5, 5.41) is 0.520. The number of carbonyl (C=O) groups excluding carboxylic acids is 1. The van der Waals surface area contributed by atoms with Crippen molar-refractivity contribution >= 4 is 29.0 Å². The molecule has 1 saturated heterocycles. The summed E-state index contributed by atoms with van der Waals surface area (Å²) in [6.45, 7) is 0.837. The first-order chi connectivity index (χ1) is 11.1. The Kier molecular flexibility index (Phi) is 3.56. The van der Waals surface area contributed by atoms with E-state index in [1.165, 1.54) is 19.3 Å². The SMILES string of the molecule is O=C(c1ccc2c(=O)[nH]c(=S)[nH]c2c1)N1CCC[C@H]1C1CCC1. The number of likely N-dealkylation sites (tertiary alicyclic amines) is 1. The van der Waals surface area contributed by atoms with Crippen LogP contribution in [-0.2, 0) is 0 Å². The fourth-order valence-electron chi connectivity index (χ4n) is 3.83. The fourth-order valence-corrected chi connectivity index (χ4v) is 4.03. The zero-order valence-electron chi connectivity index (χ0n) is 12.8. The molecule has 2 N–H and O–H groups in total. The number of hydrogen-bond donors (Lipinski definition) is 2. The van der Waals surface area contributed by atoms with E-state index in [1.54, 1.807) is 18.2 Å². The number of aromatic nitrogens is 2. The molecule has 1 saturated carbocycles. The summed E-state index contributed by atoms with van der Waals surface area (Å²) >= 11 is 5.01. The molecule has 1 atom stereocenters. The Bertz CT molecular complexity index is 881. The topological polar surface area (TPSA) is 69.0 Å². The van der Waals surface area contributed by atoms with E-state index in [1.807, 2.05) is 4.90 Å². The Morgan fingerprint density at radius 2 is 2.00 bits per heavy atom. The second-order valence-corrected chi connectivity index (χ2v) is 6.98. The van der Waals surface area contributed by atoms with Crippen LogP contribution in [0.4, 0.5) is 0 Å². The van der Waals surface area contributed by atoms with E-state index < -0.39 is 0 Å². The summed E-state index contributed by atoms with van der Waals surface area (Å²) in [6.07, 6.45) is 5.98. The zero-order chi connectivity index (χ0) is 16.0. The van der Waals surface area contributed by atoms with Gasteiger partial charge in [-0.1, -0.05) is 6.42 Å². The minimum Gasteiger partial charge on any atom is -0.335 e. The monoisotopic (exact) mass is 329 g/mol. The van der Waals surface area contributed by atoms with Gasteiger partial charge in [0.1, 0.15) is 0 Å². The van der Waals surface area contributed by atoms with E-state index in [9.17, 15) is 9.59 Å². The lowest BCUT2D eigenvalue weighted by Gasteiger charge is -2.37. The number of benzene rings is 1. The Labute approximate surface area is 138 Å². The maximum atomic E-state index is 12.9. The first kappa shape index (κ1) is 14.6. The highest BCUT2D eigenvalue weighted by Gasteiger charge is 2.37. The number of fused-ring (bicyclic) bond motifs is 1. The molecular formula is C17H19N3O2S. The van der Waals surface area contributed by atoms with Crippen LogP contribution in [-0.4, -0.2) is 33.4 Å². The molecule has 1 aromatic heterocycles. The minimum absolute atomic E-state index is 0.0703. The third-order valence-electron chi connectivity index (χ3n) is 5.24. The average molecular weight is 329 g/mol. The molecule has 1 aliphatic heterocycles. The van der Waals surface area contributed by atoms with Crippen molar-refractivity contribution in [2.45, 2.75) is 38.1 Å². The van der Waals surface area contributed by atoms with Gasteiger partial charge in [-0.2, -0.15) is 0 Å². The van der Waals surface area contributed by atoms with Gasteiger partial charge < -0.3 is 9.88 Å². The second kappa shape index (κ2) is 5.60. The number of rotatable bonds is 2. The van der Waals surface area contributed by atoms with Gasteiger partial charge in [0.15, 0.2) is 4.77 Å². The molecule has 0 unspecified atom stereocenters. The second-order valence-electron chi connectivity index (χ2n) is 6.57.